The maximum absolute atomic E-state index is 11.8. The smallest absolute Gasteiger partial charge is 0.155 e. The molecular formula is C20H24O. The molecule has 0 radical (unpaired) electrons. The second kappa shape index (κ2) is 3.62. The summed E-state index contributed by atoms with van der Waals surface area (Å²) in [6.45, 7) is 6.84. The van der Waals surface area contributed by atoms with Gasteiger partial charge in [0.25, 0.3) is 0 Å². The third-order valence-corrected chi connectivity index (χ3v) is 7.81. The minimum absolute atomic E-state index is 0.326. The number of carbonyl (C=O) groups is 1. The highest BCUT2D eigenvalue weighted by Crippen LogP contribution is 2.72. The van der Waals surface area contributed by atoms with Crippen molar-refractivity contribution in [2.75, 3.05) is 0 Å². The van der Waals surface area contributed by atoms with Gasteiger partial charge in [-0.15, -0.1) is 0 Å². The van der Waals surface area contributed by atoms with E-state index in [9.17, 15) is 4.79 Å². The molecule has 0 aromatic carbocycles. The molecule has 0 amide bonds. The summed E-state index contributed by atoms with van der Waals surface area (Å²) in [5.41, 5.74) is 5.44. The topological polar surface area (TPSA) is 17.1 Å². The van der Waals surface area contributed by atoms with Gasteiger partial charge < -0.3 is 0 Å². The van der Waals surface area contributed by atoms with Crippen molar-refractivity contribution in [3.05, 3.63) is 35.5 Å². The van der Waals surface area contributed by atoms with Gasteiger partial charge in [0, 0.05) is 11.8 Å². The fourth-order valence-electron chi connectivity index (χ4n) is 6.61. The van der Waals surface area contributed by atoms with Crippen LogP contribution in [0.4, 0.5) is 0 Å². The first kappa shape index (κ1) is 12.4. The van der Waals surface area contributed by atoms with Crippen LogP contribution < -0.4 is 0 Å². The predicted octanol–water partition coefficient (Wildman–Crippen LogP) is 4.60. The van der Waals surface area contributed by atoms with E-state index in [1.807, 2.05) is 6.08 Å². The molecule has 4 fully saturated rings. The van der Waals surface area contributed by atoms with E-state index in [1.165, 1.54) is 43.3 Å². The number of hydrogen-bond donors (Lipinski definition) is 0. The number of hydrogen-bond acceptors (Lipinski definition) is 1. The average molecular weight is 280 g/mol. The summed E-state index contributed by atoms with van der Waals surface area (Å²) in [6, 6.07) is 0. The number of carbonyl (C=O) groups excluding carboxylic acids is 1. The molecule has 1 spiro atoms. The molecule has 2 bridgehead atoms. The molecule has 5 unspecified atom stereocenters. The van der Waals surface area contributed by atoms with Gasteiger partial charge in [-0.05, 0) is 67.8 Å². The van der Waals surface area contributed by atoms with Gasteiger partial charge >= 0.3 is 0 Å². The van der Waals surface area contributed by atoms with Crippen LogP contribution in [0, 0.1) is 28.6 Å². The van der Waals surface area contributed by atoms with Crippen LogP contribution in [0.2, 0.25) is 0 Å². The van der Waals surface area contributed by atoms with Gasteiger partial charge in [0.15, 0.2) is 5.78 Å². The first-order valence-corrected chi connectivity index (χ1v) is 8.68. The van der Waals surface area contributed by atoms with Crippen molar-refractivity contribution in [3.8, 4) is 0 Å². The molecule has 0 heterocycles. The number of ketones is 1. The summed E-state index contributed by atoms with van der Waals surface area (Å²) < 4.78 is 0. The van der Waals surface area contributed by atoms with Crippen molar-refractivity contribution in [3.63, 3.8) is 0 Å². The minimum Gasteiger partial charge on any atom is -0.295 e. The zero-order valence-electron chi connectivity index (χ0n) is 13.0. The summed E-state index contributed by atoms with van der Waals surface area (Å²) >= 11 is 0. The van der Waals surface area contributed by atoms with Crippen LogP contribution >= 0.6 is 0 Å². The maximum atomic E-state index is 11.8. The van der Waals surface area contributed by atoms with Crippen LogP contribution in [0.3, 0.4) is 0 Å². The highest BCUT2D eigenvalue weighted by molar-refractivity contribution is 5.92. The lowest BCUT2D eigenvalue weighted by molar-refractivity contribution is -0.116. The number of rotatable bonds is 0. The number of fused-ring (bicyclic) bond motifs is 1. The van der Waals surface area contributed by atoms with Crippen LogP contribution in [0.5, 0.6) is 0 Å². The van der Waals surface area contributed by atoms with E-state index in [2.05, 4.69) is 19.6 Å². The van der Waals surface area contributed by atoms with Crippen LogP contribution in [0.15, 0.2) is 35.5 Å². The Morgan fingerprint density at radius 1 is 1.29 bits per heavy atom. The lowest BCUT2D eigenvalue weighted by Gasteiger charge is -2.64. The lowest BCUT2D eigenvalue weighted by Crippen LogP contribution is -2.55. The second-order valence-corrected chi connectivity index (χ2v) is 8.42. The minimum atomic E-state index is 0.326. The molecular weight excluding hydrogens is 256 g/mol. The van der Waals surface area contributed by atoms with Gasteiger partial charge in [-0.3, -0.25) is 4.79 Å². The van der Waals surface area contributed by atoms with Crippen LogP contribution in [-0.4, -0.2) is 5.78 Å². The van der Waals surface area contributed by atoms with E-state index in [4.69, 9.17) is 0 Å². The molecule has 0 N–H and O–H groups in total. The lowest BCUT2D eigenvalue weighted by atomic mass is 9.40. The molecule has 1 heteroatoms. The van der Waals surface area contributed by atoms with E-state index in [1.54, 1.807) is 5.57 Å². The number of allylic oxidation sites excluding steroid dienone is 5. The molecule has 4 saturated carbocycles. The van der Waals surface area contributed by atoms with Crippen molar-refractivity contribution < 1.29 is 4.79 Å². The molecule has 0 saturated heterocycles. The standard InChI is InChI=1S/C20H24O/c1-12-3-4-16-15-9-13-11-20(8-5-14(21)10-18(13)20)17(15)6-7-19(12,16)2/h6,10,13,15-16H,1,3-5,7-9,11H2,2H3. The van der Waals surface area contributed by atoms with E-state index >= 15 is 0 Å². The summed E-state index contributed by atoms with van der Waals surface area (Å²) in [7, 11) is 0. The van der Waals surface area contributed by atoms with Gasteiger partial charge in [-0.1, -0.05) is 36.3 Å². The molecule has 0 aliphatic heterocycles. The molecule has 6 rings (SSSR count). The normalized spacial score (nSPS) is 50.4. The fraction of sp³-hybridized carbons (Fsp3) is 0.650. The maximum Gasteiger partial charge on any atom is 0.155 e. The molecule has 1 nitrogen and oxygen atoms in total. The van der Waals surface area contributed by atoms with E-state index in [0.29, 0.717) is 22.5 Å². The van der Waals surface area contributed by atoms with Crippen LogP contribution in [-0.2, 0) is 4.79 Å². The highest BCUT2D eigenvalue weighted by Gasteiger charge is 2.62. The quantitative estimate of drug-likeness (QED) is 0.592. The summed E-state index contributed by atoms with van der Waals surface area (Å²) in [5, 5.41) is 0. The zero-order valence-corrected chi connectivity index (χ0v) is 13.0. The van der Waals surface area contributed by atoms with Crippen molar-refractivity contribution in [1.82, 2.24) is 0 Å². The van der Waals surface area contributed by atoms with Gasteiger partial charge in [0.1, 0.15) is 0 Å². The predicted molar refractivity (Wildman–Crippen MR) is 83.6 cm³/mol. The third kappa shape index (κ3) is 1.28. The Bertz CT molecular complexity index is 636. The Kier molecular flexibility index (Phi) is 2.14. The second-order valence-electron chi connectivity index (χ2n) is 8.42. The molecule has 110 valence electrons. The van der Waals surface area contributed by atoms with Gasteiger partial charge in [-0.2, -0.15) is 0 Å². The Morgan fingerprint density at radius 2 is 2.14 bits per heavy atom. The van der Waals surface area contributed by atoms with Gasteiger partial charge in [-0.25, -0.2) is 0 Å². The largest absolute Gasteiger partial charge is 0.295 e. The zero-order chi connectivity index (χ0) is 14.4. The molecule has 6 aliphatic rings. The Morgan fingerprint density at radius 3 is 3.00 bits per heavy atom. The van der Waals surface area contributed by atoms with Gasteiger partial charge in [0.05, 0.1) is 0 Å². The molecule has 0 aromatic heterocycles. The Labute approximate surface area is 127 Å². The van der Waals surface area contributed by atoms with E-state index < -0.39 is 0 Å². The van der Waals surface area contributed by atoms with E-state index in [0.717, 1.165) is 24.7 Å². The summed E-state index contributed by atoms with van der Waals surface area (Å²) in [6.07, 6.45) is 12.9. The van der Waals surface area contributed by atoms with Crippen molar-refractivity contribution in [2.24, 2.45) is 28.6 Å². The first-order chi connectivity index (χ1) is 10.0. The monoisotopic (exact) mass is 280 g/mol. The first-order valence-electron chi connectivity index (χ1n) is 8.68. The van der Waals surface area contributed by atoms with Crippen LogP contribution in [0.25, 0.3) is 0 Å². The fourth-order valence-corrected chi connectivity index (χ4v) is 6.61. The summed E-state index contributed by atoms with van der Waals surface area (Å²) in [4.78, 5) is 11.8. The van der Waals surface area contributed by atoms with Crippen molar-refractivity contribution >= 4 is 5.78 Å². The third-order valence-electron chi connectivity index (χ3n) is 7.81. The van der Waals surface area contributed by atoms with E-state index in [-0.39, 0.29) is 0 Å². The summed E-state index contributed by atoms with van der Waals surface area (Å²) in [5.74, 6) is 2.70. The van der Waals surface area contributed by atoms with Gasteiger partial charge in [0.2, 0.25) is 0 Å². The Hall–Kier alpha value is -1.11. The van der Waals surface area contributed by atoms with Crippen molar-refractivity contribution in [2.45, 2.75) is 51.9 Å². The molecule has 5 atom stereocenters. The van der Waals surface area contributed by atoms with Crippen molar-refractivity contribution in [1.29, 1.82) is 0 Å². The average Bonchev–Trinajstić information content (AvgIpc) is 2.77. The highest BCUT2D eigenvalue weighted by atomic mass is 16.1. The molecule has 6 aliphatic carbocycles. The molecule has 21 heavy (non-hydrogen) atoms. The van der Waals surface area contributed by atoms with Crippen LogP contribution in [0.1, 0.15) is 51.9 Å². The Balaban J connectivity index is 1.62. The SMILES string of the molecule is C=C1CCC2C3CC4CC5(CCC(=O)C=C45)C3=CCC12C. The molecule has 0 aromatic rings.